The molecule has 2 fully saturated rings. The van der Waals surface area contributed by atoms with Gasteiger partial charge < -0.3 is 44.7 Å². The Morgan fingerprint density at radius 3 is 1.59 bits per heavy atom. The van der Waals surface area contributed by atoms with Crippen LogP contribution in [0.25, 0.3) is 22.3 Å². The van der Waals surface area contributed by atoms with Crippen LogP contribution in [0.3, 0.4) is 0 Å². The van der Waals surface area contributed by atoms with Crippen molar-refractivity contribution < 1.29 is 33.0 Å². The van der Waals surface area contributed by atoms with Gasteiger partial charge in [-0.05, 0) is 111 Å². The van der Waals surface area contributed by atoms with E-state index < -0.39 is 16.1 Å². The predicted molar refractivity (Wildman–Crippen MR) is 214 cm³/mol. The lowest BCUT2D eigenvalue weighted by Crippen LogP contribution is -2.36. The number of benzene rings is 2. The number of nitrogens with one attached hydrogen (secondary N) is 2. The third-order valence-electron chi connectivity index (χ3n) is 9.29. The zero-order chi connectivity index (χ0) is 41.1. The monoisotopic (exact) mass is 774 g/mol. The Bertz CT molecular complexity index is 2020. The van der Waals surface area contributed by atoms with Gasteiger partial charge in [0, 0.05) is 55.5 Å². The fraction of sp³-hybridized carbons (Fsp3) is 0.500. The van der Waals surface area contributed by atoms with Crippen LogP contribution < -0.4 is 16.4 Å². The molecule has 302 valence electrons. The van der Waals surface area contributed by atoms with Crippen LogP contribution in [-0.4, -0.2) is 86.7 Å². The first kappa shape index (κ1) is 41.4. The number of likely N-dealkylation sites (tertiary alicyclic amines) is 2. The summed E-state index contributed by atoms with van der Waals surface area (Å²) in [5, 5.41) is 26.2. The molecule has 0 radical (unpaired) electrons. The predicted octanol–water partition coefficient (Wildman–Crippen LogP) is 8.25. The van der Waals surface area contributed by atoms with Crippen LogP contribution in [0.15, 0.2) is 45.4 Å². The van der Waals surface area contributed by atoms with Gasteiger partial charge in [-0.15, -0.1) is 0 Å². The van der Waals surface area contributed by atoms with E-state index in [1.807, 2.05) is 79.7 Å². The average Bonchev–Trinajstić information content (AvgIpc) is 3.90. The minimum atomic E-state index is -0.560. The molecule has 4 heterocycles. The second-order valence-corrected chi connectivity index (χ2v) is 16.3. The second kappa shape index (κ2) is 16.5. The molecule has 2 saturated heterocycles. The van der Waals surface area contributed by atoms with Crippen LogP contribution >= 0.6 is 0 Å². The fourth-order valence-corrected chi connectivity index (χ4v) is 6.78. The maximum absolute atomic E-state index is 12.2. The van der Waals surface area contributed by atoms with Gasteiger partial charge in [-0.25, -0.2) is 9.59 Å². The molecule has 16 heteroatoms. The number of nitro groups is 1. The molecule has 2 amide bonds. The summed E-state index contributed by atoms with van der Waals surface area (Å²) in [4.78, 5) is 39.0. The lowest BCUT2D eigenvalue weighted by Gasteiger charge is -2.24. The summed E-state index contributed by atoms with van der Waals surface area (Å²) in [5.74, 6) is 1.39. The molecule has 4 N–H and O–H groups in total. The summed E-state index contributed by atoms with van der Waals surface area (Å²) in [5.41, 5.74) is 12.1. The smallest absolute Gasteiger partial charge is 0.410 e. The van der Waals surface area contributed by atoms with E-state index in [1.165, 1.54) is 6.07 Å². The molecule has 0 spiro atoms. The van der Waals surface area contributed by atoms with E-state index >= 15 is 0 Å². The second-order valence-electron chi connectivity index (χ2n) is 16.3. The average molecular weight is 775 g/mol. The maximum Gasteiger partial charge on any atom is 0.410 e. The number of amides is 2. The van der Waals surface area contributed by atoms with E-state index in [1.54, 1.807) is 29.7 Å². The third kappa shape index (κ3) is 10.3. The van der Waals surface area contributed by atoms with E-state index in [0.29, 0.717) is 61.0 Å². The number of carbonyl (C=O) groups is 2. The lowest BCUT2D eigenvalue weighted by molar-refractivity contribution is -0.383. The molecule has 2 aromatic carbocycles. The molecule has 2 atom stereocenters. The topological polar surface area (TPSA) is 204 Å². The molecule has 16 nitrogen and oxygen atoms in total. The number of carbonyl (C=O) groups excluding carboxylic acids is 2. The number of aryl methyl sites for hydroxylation is 4. The van der Waals surface area contributed by atoms with Crippen molar-refractivity contribution in [1.82, 2.24) is 20.1 Å². The van der Waals surface area contributed by atoms with Crippen molar-refractivity contribution in [3.8, 4) is 22.3 Å². The maximum atomic E-state index is 12.2. The number of anilines is 3. The SMILES string of the molecule is Cc1noc(C)c1-c1ccc(N[C@H]2CCN(C(=O)OC(C)(C)C)C2)c(N)c1.Cc1noc(C)c1-c1ccc(N[C@H]2CCN(C(=O)OC(C)(C)C)C2)c([N+](=O)[O-])c1. The lowest BCUT2D eigenvalue weighted by atomic mass is 10.0. The first-order valence-electron chi connectivity index (χ1n) is 18.7. The zero-order valence-electron chi connectivity index (χ0n) is 33.9. The van der Waals surface area contributed by atoms with Crippen molar-refractivity contribution in [3.63, 3.8) is 0 Å². The van der Waals surface area contributed by atoms with Crippen LogP contribution in [0, 0.1) is 37.8 Å². The van der Waals surface area contributed by atoms with Crippen molar-refractivity contribution in [2.24, 2.45) is 0 Å². The zero-order valence-corrected chi connectivity index (χ0v) is 33.9. The summed E-state index contributed by atoms with van der Waals surface area (Å²) >= 11 is 0. The number of ether oxygens (including phenoxy) is 2. The summed E-state index contributed by atoms with van der Waals surface area (Å²) in [6.07, 6.45) is 0.894. The van der Waals surface area contributed by atoms with E-state index in [4.69, 9.17) is 24.3 Å². The highest BCUT2D eigenvalue weighted by atomic mass is 16.6. The van der Waals surface area contributed by atoms with E-state index in [2.05, 4.69) is 20.9 Å². The summed E-state index contributed by atoms with van der Waals surface area (Å²) in [6, 6.07) is 11.0. The summed E-state index contributed by atoms with van der Waals surface area (Å²) in [6.45, 7) is 20.7. The van der Waals surface area contributed by atoms with Crippen molar-refractivity contribution in [1.29, 1.82) is 0 Å². The number of nitrogens with zero attached hydrogens (tertiary/aromatic N) is 5. The number of nitro benzene ring substituents is 1. The molecule has 0 saturated carbocycles. The van der Waals surface area contributed by atoms with Gasteiger partial charge in [-0.2, -0.15) is 0 Å². The van der Waals surface area contributed by atoms with Crippen molar-refractivity contribution in [2.45, 2.75) is 105 Å². The molecule has 0 aliphatic carbocycles. The van der Waals surface area contributed by atoms with Gasteiger partial charge >= 0.3 is 12.2 Å². The molecule has 2 aromatic heterocycles. The summed E-state index contributed by atoms with van der Waals surface area (Å²) < 4.78 is 21.3. The summed E-state index contributed by atoms with van der Waals surface area (Å²) in [7, 11) is 0. The van der Waals surface area contributed by atoms with Crippen molar-refractivity contribution >= 4 is 34.9 Å². The van der Waals surface area contributed by atoms with E-state index in [9.17, 15) is 19.7 Å². The van der Waals surface area contributed by atoms with Crippen molar-refractivity contribution in [2.75, 3.05) is 42.5 Å². The minimum Gasteiger partial charge on any atom is -0.444 e. The van der Waals surface area contributed by atoms with E-state index in [-0.39, 0.29) is 30.0 Å². The number of rotatable bonds is 7. The van der Waals surface area contributed by atoms with Gasteiger partial charge in [0.15, 0.2) is 0 Å². The standard InChI is InChI=1S/C20H26N4O5.C20H28N4O3/c1-12-18(13(2)29-22-12)14-6-7-16(17(10-14)24(26)27)21-15-8-9-23(11-15)19(25)28-20(3,4)5;1-12-18(13(2)27-23-12)14-6-7-17(16(21)10-14)22-15-8-9-24(11-15)19(25)26-20(3,4)5/h6-7,10,15,21H,8-9,11H2,1-5H3;6-7,10,15,22H,8-9,11,21H2,1-5H3/t2*15-/m00/s1. The van der Waals surface area contributed by atoms with Crippen LogP contribution in [0.5, 0.6) is 0 Å². The molecule has 2 aliphatic heterocycles. The number of nitrogens with two attached hydrogens (primary N) is 1. The Kier molecular flexibility index (Phi) is 12.2. The normalized spacial score (nSPS) is 17.0. The third-order valence-corrected chi connectivity index (χ3v) is 9.29. The quantitative estimate of drug-likeness (QED) is 0.0920. The van der Waals surface area contributed by atoms with Crippen LogP contribution in [0.2, 0.25) is 0 Å². The minimum absolute atomic E-state index is 0.0294. The number of aromatic nitrogens is 2. The molecule has 4 aromatic rings. The molecule has 56 heavy (non-hydrogen) atoms. The van der Waals surface area contributed by atoms with Crippen LogP contribution in [0.4, 0.5) is 32.3 Å². The number of hydrogen-bond donors (Lipinski definition) is 3. The van der Waals surface area contributed by atoms with Gasteiger partial charge in [0.2, 0.25) is 0 Å². The largest absolute Gasteiger partial charge is 0.444 e. The van der Waals surface area contributed by atoms with Gasteiger partial charge in [0.05, 0.1) is 27.7 Å². The number of nitrogen functional groups attached to an aromatic ring is 1. The molecule has 2 aliphatic rings. The molecule has 0 unspecified atom stereocenters. The first-order chi connectivity index (χ1) is 26.2. The molecular weight excluding hydrogens is 720 g/mol. The van der Waals surface area contributed by atoms with Gasteiger partial charge in [-0.3, -0.25) is 10.1 Å². The Hall–Kier alpha value is -5.80. The van der Waals surface area contributed by atoms with Crippen LogP contribution in [-0.2, 0) is 9.47 Å². The molecule has 6 rings (SSSR count). The van der Waals surface area contributed by atoms with Gasteiger partial charge in [-0.1, -0.05) is 22.4 Å². The highest BCUT2D eigenvalue weighted by Gasteiger charge is 2.32. The Balaban J connectivity index is 0.000000215. The fourth-order valence-electron chi connectivity index (χ4n) is 6.78. The molecule has 0 bridgehead atoms. The van der Waals surface area contributed by atoms with Gasteiger partial charge in [0.1, 0.15) is 28.4 Å². The van der Waals surface area contributed by atoms with E-state index in [0.717, 1.165) is 40.3 Å². The molecular formula is C40H54N8O8. The Morgan fingerprint density at radius 2 is 1.20 bits per heavy atom. The van der Waals surface area contributed by atoms with Crippen LogP contribution in [0.1, 0.15) is 77.3 Å². The number of hydrogen-bond acceptors (Lipinski definition) is 13. The highest BCUT2D eigenvalue weighted by molar-refractivity contribution is 5.78. The van der Waals surface area contributed by atoms with Crippen molar-refractivity contribution in [3.05, 3.63) is 69.4 Å². The Morgan fingerprint density at radius 1 is 0.768 bits per heavy atom. The Labute approximate surface area is 327 Å². The first-order valence-corrected chi connectivity index (χ1v) is 18.7. The van der Waals surface area contributed by atoms with Gasteiger partial charge in [0.25, 0.3) is 5.69 Å². The highest BCUT2D eigenvalue weighted by Crippen LogP contribution is 2.35.